The fourth-order valence-electron chi connectivity index (χ4n) is 3.64. The van der Waals surface area contributed by atoms with E-state index in [-0.39, 0.29) is 24.0 Å². The van der Waals surface area contributed by atoms with Crippen molar-refractivity contribution in [2.24, 2.45) is 16.3 Å². The highest BCUT2D eigenvalue weighted by Gasteiger charge is 2.43. The number of aliphatic imine (C=N–C) groups is 1. The van der Waals surface area contributed by atoms with Crippen molar-refractivity contribution in [1.29, 1.82) is 0 Å². The zero-order valence-electron chi connectivity index (χ0n) is 13.7. The van der Waals surface area contributed by atoms with E-state index in [4.69, 9.17) is 0 Å². The maximum atomic E-state index is 4.50. The quantitative estimate of drug-likeness (QED) is 0.442. The molecule has 1 saturated carbocycles. The van der Waals surface area contributed by atoms with Crippen molar-refractivity contribution in [1.82, 2.24) is 10.2 Å². The van der Waals surface area contributed by atoms with Gasteiger partial charge in [-0.15, -0.1) is 35.3 Å². The number of nitrogens with zero attached hydrogens (tertiary/aromatic N) is 2. The van der Waals surface area contributed by atoms with Crippen LogP contribution in [-0.2, 0) is 6.42 Å². The van der Waals surface area contributed by atoms with Crippen LogP contribution in [0.3, 0.4) is 0 Å². The molecule has 3 rings (SSSR count). The van der Waals surface area contributed by atoms with Crippen molar-refractivity contribution >= 4 is 41.3 Å². The first-order valence-corrected chi connectivity index (χ1v) is 9.07. The van der Waals surface area contributed by atoms with E-state index < -0.39 is 0 Å². The van der Waals surface area contributed by atoms with Crippen molar-refractivity contribution in [2.75, 3.05) is 26.7 Å². The van der Waals surface area contributed by atoms with Crippen molar-refractivity contribution in [3.63, 3.8) is 0 Å². The van der Waals surface area contributed by atoms with Gasteiger partial charge in [0.25, 0.3) is 0 Å². The highest BCUT2D eigenvalue weighted by Crippen LogP contribution is 2.47. The molecule has 1 atom stereocenters. The SMILES string of the molecule is CN=C(NCC(C)Cc1cccs1)N1CCC2(CCC2)C1.I. The number of thiophene rings is 1. The number of nitrogens with one attached hydrogen (secondary N) is 1. The molecule has 1 aromatic rings. The minimum Gasteiger partial charge on any atom is -0.356 e. The van der Waals surface area contributed by atoms with E-state index in [2.05, 4.69) is 39.6 Å². The third-order valence-electron chi connectivity index (χ3n) is 5.10. The second-order valence-corrected chi connectivity index (χ2v) is 7.87. The van der Waals surface area contributed by atoms with Crippen LogP contribution >= 0.6 is 35.3 Å². The first kappa shape index (κ1) is 18.0. The Morgan fingerprint density at radius 3 is 2.82 bits per heavy atom. The van der Waals surface area contributed by atoms with Crippen LogP contribution in [-0.4, -0.2) is 37.5 Å². The van der Waals surface area contributed by atoms with Crippen LogP contribution < -0.4 is 5.32 Å². The smallest absolute Gasteiger partial charge is 0.193 e. The normalized spacial score (nSPS) is 21.4. The van der Waals surface area contributed by atoms with Crippen LogP contribution in [0.2, 0.25) is 0 Å². The molecule has 0 aromatic carbocycles. The van der Waals surface area contributed by atoms with Gasteiger partial charge in [0, 0.05) is 31.6 Å². The Morgan fingerprint density at radius 1 is 1.45 bits per heavy atom. The lowest BCUT2D eigenvalue weighted by Gasteiger charge is -2.38. The molecule has 2 aliphatic rings. The monoisotopic (exact) mass is 433 g/mol. The molecule has 1 spiro atoms. The van der Waals surface area contributed by atoms with Gasteiger partial charge >= 0.3 is 0 Å². The first-order valence-electron chi connectivity index (χ1n) is 8.19. The molecule has 1 saturated heterocycles. The summed E-state index contributed by atoms with van der Waals surface area (Å²) in [5, 5.41) is 5.75. The predicted octanol–water partition coefficient (Wildman–Crippen LogP) is 4.00. The summed E-state index contributed by atoms with van der Waals surface area (Å²) >= 11 is 1.86. The van der Waals surface area contributed by atoms with Crippen LogP contribution in [0.4, 0.5) is 0 Å². The van der Waals surface area contributed by atoms with E-state index in [0.717, 1.165) is 18.9 Å². The highest BCUT2D eigenvalue weighted by molar-refractivity contribution is 14.0. The van der Waals surface area contributed by atoms with Crippen LogP contribution in [0.25, 0.3) is 0 Å². The van der Waals surface area contributed by atoms with Gasteiger partial charge in [0.05, 0.1) is 0 Å². The van der Waals surface area contributed by atoms with Crippen LogP contribution in [0.5, 0.6) is 0 Å². The van der Waals surface area contributed by atoms with E-state index in [1.165, 1.54) is 43.6 Å². The van der Waals surface area contributed by atoms with E-state index in [1.807, 2.05) is 18.4 Å². The van der Waals surface area contributed by atoms with Crippen molar-refractivity contribution in [3.05, 3.63) is 22.4 Å². The molecule has 0 radical (unpaired) electrons. The average molecular weight is 433 g/mol. The first-order chi connectivity index (χ1) is 10.2. The van der Waals surface area contributed by atoms with Crippen LogP contribution in [0.1, 0.15) is 37.5 Å². The lowest BCUT2D eigenvalue weighted by molar-refractivity contribution is 0.151. The summed E-state index contributed by atoms with van der Waals surface area (Å²) < 4.78 is 0. The van der Waals surface area contributed by atoms with E-state index >= 15 is 0 Å². The minimum atomic E-state index is 0. The van der Waals surface area contributed by atoms with Gasteiger partial charge in [-0.05, 0) is 48.5 Å². The van der Waals surface area contributed by atoms with Gasteiger partial charge in [0.1, 0.15) is 0 Å². The Hall–Kier alpha value is -0.300. The van der Waals surface area contributed by atoms with Crippen molar-refractivity contribution in [2.45, 2.75) is 39.0 Å². The Morgan fingerprint density at radius 2 is 2.27 bits per heavy atom. The number of halogens is 1. The van der Waals surface area contributed by atoms with Gasteiger partial charge in [0.2, 0.25) is 0 Å². The summed E-state index contributed by atoms with van der Waals surface area (Å²) in [6.45, 7) is 5.72. The average Bonchev–Trinajstić information content (AvgIpc) is 3.08. The molecular weight excluding hydrogens is 405 g/mol. The van der Waals surface area contributed by atoms with Crippen LogP contribution in [0.15, 0.2) is 22.5 Å². The molecule has 1 aliphatic carbocycles. The number of hydrogen-bond donors (Lipinski definition) is 1. The molecule has 3 nitrogen and oxygen atoms in total. The van der Waals surface area contributed by atoms with Crippen LogP contribution in [0, 0.1) is 11.3 Å². The second-order valence-electron chi connectivity index (χ2n) is 6.84. The third kappa shape index (κ3) is 4.16. The summed E-state index contributed by atoms with van der Waals surface area (Å²) in [6, 6.07) is 4.37. The molecule has 0 amide bonds. The zero-order chi connectivity index (χ0) is 14.7. The molecule has 1 aliphatic heterocycles. The summed E-state index contributed by atoms with van der Waals surface area (Å²) in [6.07, 6.45) is 6.80. The van der Waals surface area contributed by atoms with Gasteiger partial charge in [0.15, 0.2) is 5.96 Å². The largest absolute Gasteiger partial charge is 0.356 e. The topological polar surface area (TPSA) is 27.6 Å². The van der Waals surface area contributed by atoms with Gasteiger partial charge in [-0.1, -0.05) is 19.4 Å². The summed E-state index contributed by atoms with van der Waals surface area (Å²) in [4.78, 5) is 8.45. The number of guanidine groups is 1. The minimum absolute atomic E-state index is 0. The van der Waals surface area contributed by atoms with E-state index in [9.17, 15) is 0 Å². The molecule has 5 heteroatoms. The Labute approximate surface area is 155 Å². The third-order valence-corrected chi connectivity index (χ3v) is 6.00. The zero-order valence-corrected chi connectivity index (χ0v) is 16.8. The molecule has 2 fully saturated rings. The van der Waals surface area contributed by atoms with Crippen molar-refractivity contribution in [3.8, 4) is 0 Å². The Balaban J connectivity index is 0.00000176. The number of rotatable bonds is 4. The summed E-state index contributed by atoms with van der Waals surface area (Å²) in [7, 11) is 1.91. The predicted molar refractivity (Wildman–Crippen MR) is 106 cm³/mol. The molecule has 1 N–H and O–H groups in total. The Kier molecular flexibility index (Phi) is 6.56. The molecule has 124 valence electrons. The second kappa shape index (κ2) is 7.99. The maximum absolute atomic E-state index is 4.50. The van der Waals surface area contributed by atoms with Gasteiger partial charge in [-0.25, -0.2) is 0 Å². The number of likely N-dealkylation sites (tertiary alicyclic amines) is 1. The fourth-order valence-corrected chi connectivity index (χ4v) is 4.51. The molecule has 2 heterocycles. The standard InChI is InChI=1S/C17H27N3S.HI/c1-14(11-15-5-3-10-21-15)12-19-16(18-2)20-9-8-17(13-20)6-4-7-17;/h3,5,10,14H,4,6-9,11-13H2,1-2H3,(H,18,19);1H. The molecule has 1 aromatic heterocycles. The van der Waals surface area contributed by atoms with Gasteiger partial charge in [-0.2, -0.15) is 0 Å². The molecular formula is C17H28IN3S. The van der Waals surface area contributed by atoms with Gasteiger partial charge in [-0.3, -0.25) is 4.99 Å². The highest BCUT2D eigenvalue weighted by atomic mass is 127. The van der Waals surface area contributed by atoms with E-state index in [0.29, 0.717) is 11.3 Å². The molecule has 0 bridgehead atoms. The summed E-state index contributed by atoms with van der Waals surface area (Å²) in [5.74, 6) is 1.75. The molecule has 22 heavy (non-hydrogen) atoms. The lowest BCUT2D eigenvalue weighted by atomic mass is 9.68. The number of hydrogen-bond acceptors (Lipinski definition) is 2. The fraction of sp³-hybridized carbons (Fsp3) is 0.706. The van der Waals surface area contributed by atoms with Crippen molar-refractivity contribution < 1.29 is 0 Å². The lowest BCUT2D eigenvalue weighted by Crippen LogP contribution is -2.43. The molecule has 1 unspecified atom stereocenters. The Bertz CT molecular complexity index is 482. The van der Waals surface area contributed by atoms with Gasteiger partial charge < -0.3 is 10.2 Å². The van der Waals surface area contributed by atoms with E-state index in [1.54, 1.807) is 0 Å². The maximum Gasteiger partial charge on any atom is 0.193 e. The summed E-state index contributed by atoms with van der Waals surface area (Å²) in [5.41, 5.74) is 0.639.